The Labute approximate surface area is 333 Å². The van der Waals surface area contributed by atoms with E-state index in [0.717, 1.165) is 6.42 Å². The molecule has 1 aromatic heterocycles. The molecule has 16 heteroatoms. The molecule has 7 atom stereocenters. The summed E-state index contributed by atoms with van der Waals surface area (Å²) in [7, 11) is -3.92. The average molecular weight is 816 g/mol. The number of halogens is 1. The van der Waals surface area contributed by atoms with Gasteiger partial charge in [0.25, 0.3) is 5.91 Å². The van der Waals surface area contributed by atoms with Crippen LogP contribution in [0.4, 0.5) is 4.79 Å². The number of fused-ring (bicyclic) bond motifs is 3. The van der Waals surface area contributed by atoms with Crippen LogP contribution >= 0.6 is 11.6 Å². The van der Waals surface area contributed by atoms with Crippen LogP contribution in [0.3, 0.4) is 0 Å². The van der Waals surface area contributed by atoms with Crippen molar-refractivity contribution in [1.29, 1.82) is 0 Å². The third kappa shape index (κ3) is 9.53. The second kappa shape index (κ2) is 16.0. The molecular weight excluding hydrogens is 762 g/mol. The van der Waals surface area contributed by atoms with Crippen molar-refractivity contribution in [2.24, 2.45) is 17.8 Å². The van der Waals surface area contributed by atoms with E-state index in [9.17, 15) is 27.6 Å². The average Bonchev–Trinajstić information content (AvgIpc) is 4.01. The third-order valence-corrected chi connectivity index (χ3v) is 12.8. The largest absolute Gasteiger partial charge is 0.475 e. The van der Waals surface area contributed by atoms with Gasteiger partial charge in [-0.3, -0.25) is 19.1 Å². The number of carbonyl (C=O) groups excluding carboxylic acids is 4. The highest BCUT2D eigenvalue weighted by Gasteiger charge is 2.62. The summed E-state index contributed by atoms with van der Waals surface area (Å²) < 4.78 is 46.1. The maximum absolute atomic E-state index is 14.8. The van der Waals surface area contributed by atoms with E-state index >= 15 is 0 Å². The summed E-state index contributed by atoms with van der Waals surface area (Å²) in [5.41, 5.74) is -2.37. The van der Waals surface area contributed by atoms with E-state index in [1.807, 2.05) is 32.9 Å². The number of nitrogens with zero attached hydrogens (tertiary/aromatic N) is 2. The van der Waals surface area contributed by atoms with Crippen LogP contribution in [0, 0.1) is 17.8 Å². The third-order valence-electron chi connectivity index (χ3n) is 10.7. The first-order chi connectivity index (χ1) is 26.3. The predicted molar refractivity (Wildman–Crippen MR) is 211 cm³/mol. The number of alkyl carbamates (subject to hydrolysis) is 1. The lowest BCUT2D eigenvalue weighted by Gasteiger charge is -2.33. The molecule has 2 aliphatic carbocycles. The second-order valence-electron chi connectivity index (χ2n) is 17.1. The van der Waals surface area contributed by atoms with E-state index < -0.39 is 74.3 Å². The van der Waals surface area contributed by atoms with E-state index in [-0.39, 0.29) is 49.1 Å². The van der Waals surface area contributed by atoms with Crippen LogP contribution in [0.25, 0.3) is 10.8 Å². The minimum absolute atomic E-state index is 0.000896. The van der Waals surface area contributed by atoms with Gasteiger partial charge >= 0.3 is 6.09 Å². The van der Waals surface area contributed by atoms with Crippen molar-refractivity contribution in [2.75, 3.05) is 6.54 Å². The van der Waals surface area contributed by atoms with Crippen LogP contribution in [-0.4, -0.2) is 89.3 Å². The molecule has 0 spiro atoms. The van der Waals surface area contributed by atoms with Gasteiger partial charge in [0, 0.05) is 34.2 Å². The maximum Gasteiger partial charge on any atom is 0.408 e. The number of pyridine rings is 1. The molecule has 6 rings (SSSR count). The standard InChI is InChI=1S/C40H54ClN5O9S/c1-22(2)53-32-19-29-28(13-10-14-30(29)41)35(42-32)54-26-18-31-34(47)44-40(37(49)45-56(51,52)27-15-16-27)20-25(40)12-9-8-11-23(3)17-24(4)33(36(48)46(31)21-26)43-38(50)55-39(5,6)7/h9-10,12-14,19,22-27,31,33H,8,11,15-18,20-21H2,1-7H3,(H,43,50)(H,44,47)(H,45,49)/b12-9-/t23-,24+,25+,26+,31-,33-,40+/m0/s1. The normalized spacial score (nSPS) is 29.3. The molecule has 1 saturated heterocycles. The molecule has 3 N–H and O–H groups in total. The Kier molecular flexibility index (Phi) is 11.9. The summed E-state index contributed by atoms with van der Waals surface area (Å²) in [5.74, 6) is -2.17. The number of benzene rings is 1. The fourth-order valence-electron chi connectivity index (χ4n) is 7.67. The zero-order valence-corrected chi connectivity index (χ0v) is 34.7. The molecular formula is C40H54ClN5O9S. The number of sulfonamides is 1. The van der Waals surface area contributed by atoms with Crippen molar-refractivity contribution < 1.29 is 41.8 Å². The van der Waals surface area contributed by atoms with Gasteiger partial charge in [-0.05, 0) is 97.1 Å². The molecule has 14 nitrogen and oxygen atoms in total. The molecule has 2 aromatic rings. The lowest BCUT2D eigenvalue weighted by Crippen LogP contribution is -2.59. The zero-order valence-electron chi connectivity index (χ0n) is 33.1. The molecule has 4 amide bonds. The molecule has 2 aliphatic heterocycles. The number of aromatic nitrogens is 1. The van der Waals surface area contributed by atoms with E-state index in [1.165, 1.54) is 4.90 Å². The zero-order chi connectivity index (χ0) is 40.7. The smallest absolute Gasteiger partial charge is 0.408 e. The summed E-state index contributed by atoms with van der Waals surface area (Å²) in [6, 6.07) is 4.80. The van der Waals surface area contributed by atoms with Crippen LogP contribution in [0.15, 0.2) is 36.4 Å². The molecule has 306 valence electrons. The van der Waals surface area contributed by atoms with Crippen molar-refractivity contribution in [3.63, 3.8) is 0 Å². The van der Waals surface area contributed by atoms with Crippen LogP contribution in [0.5, 0.6) is 11.8 Å². The Morgan fingerprint density at radius 1 is 1.09 bits per heavy atom. The number of ether oxygens (including phenoxy) is 3. The first-order valence-electron chi connectivity index (χ1n) is 19.5. The van der Waals surface area contributed by atoms with Crippen LogP contribution < -0.4 is 24.8 Å². The van der Waals surface area contributed by atoms with Gasteiger partial charge in [0.2, 0.25) is 33.6 Å². The fraction of sp³-hybridized carbons (Fsp3) is 0.625. The lowest BCUT2D eigenvalue weighted by molar-refractivity contribution is -0.142. The molecule has 3 fully saturated rings. The number of hydrogen-bond acceptors (Lipinski definition) is 10. The Balaban J connectivity index is 1.37. The summed E-state index contributed by atoms with van der Waals surface area (Å²) >= 11 is 6.59. The molecule has 0 radical (unpaired) electrons. The number of nitrogens with one attached hydrogen (secondary N) is 3. The van der Waals surface area contributed by atoms with Gasteiger partial charge in [0.05, 0.1) is 17.9 Å². The summed E-state index contributed by atoms with van der Waals surface area (Å²) in [6.45, 7) is 12.8. The molecule has 0 bridgehead atoms. The minimum Gasteiger partial charge on any atom is -0.475 e. The van der Waals surface area contributed by atoms with Crippen LogP contribution in [0.1, 0.15) is 93.4 Å². The van der Waals surface area contributed by atoms with Crippen molar-refractivity contribution in [2.45, 2.75) is 134 Å². The Morgan fingerprint density at radius 3 is 2.50 bits per heavy atom. The molecule has 2 saturated carbocycles. The Hall–Kier alpha value is -4.11. The summed E-state index contributed by atoms with van der Waals surface area (Å²) in [6.07, 6.45) is 5.19. The van der Waals surface area contributed by atoms with E-state index in [1.54, 1.807) is 45.0 Å². The minimum atomic E-state index is -3.92. The highest BCUT2D eigenvalue weighted by atomic mass is 35.5. The van der Waals surface area contributed by atoms with Gasteiger partial charge in [0.15, 0.2) is 0 Å². The Bertz CT molecular complexity index is 2000. The van der Waals surface area contributed by atoms with Crippen molar-refractivity contribution in [3.05, 3.63) is 41.4 Å². The quantitative estimate of drug-likeness (QED) is 0.292. The SMILES string of the molecule is CC(C)Oc1cc2c(Cl)cccc2c(O[C@@H]2C[C@H]3C(=O)N[C@]4(C(=O)NS(=O)(=O)C5CC5)C[C@H]4/C=C\CC[C@H](C)C[C@@H](C)[C@H](NC(=O)OC(C)(C)C)C(=O)N3C2)n1. The van der Waals surface area contributed by atoms with Gasteiger partial charge in [-0.25, -0.2) is 13.2 Å². The van der Waals surface area contributed by atoms with Gasteiger partial charge in [-0.1, -0.05) is 43.7 Å². The number of hydrogen-bond donors (Lipinski definition) is 3. The van der Waals surface area contributed by atoms with Crippen molar-refractivity contribution in [1.82, 2.24) is 25.2 Å². The lowest BCUT2D eigenvalue weighted by atomic mass is 9.88. The fourth-order valence-corrected chi connectivity index (χ4v) is 9.26. The number of allylic oxidation sites excluding steroid dienone is 1. The van der Waals surface area contributed by atoms with Gasteiger partial charge in [-0.2, -0.15) is 4.98 Å². The highest BCUT2D eigenvalue weighted by molar-refractivity contribution is 7.91. The summed E-state index contributed by atoms with van der Waals surface area (Å²) in [5, 5.41) is 6.75. The molecule has 56 heavy (non-hydrogen) atoms. The van der Waals surface area contributed by atoms with Crippen LogP contribution in [0.2, 0.25) is 5.02 Å². The van der Waals surface area contributed by atoms with Crippen molar-refractivity contribution >= 4 is 56.2 Å². The highest BCUT2D eigenvalue weighted by Crippen LogP contribution is 2.46. The van der Waals surface area contributed by atoms with Gasteiger partial charge in [-0.15, -0.1) is 0 Å². The monoisotopic (exact) mass is 815 g/mol. The second-order valence-corrected chi connectivity index (χ2v) is 19.5. The van der Waals surface area contributed by atoms with Crippen molar-refractivity contribution in [3.8, 4) is 11.8 Å². The maximum atomic E-state index is 14.8. The Morgan fingerprint density at radius 2 is 1.82 bits per heavy atom. The van der Waals surface area contributed by atoms with E-state index in [4.69, 9.17) is 25.8 Å². The van der Waals surface area contributed by atoms with Crippen LogP contribution in [-0.2, 0) is 29.1 Å². The molecule has 0 unspecified atom stereocenters. The van der Waals surface area contributed by atoms with Gasteiger partial charge < -0.3 is 29.7 Å². The number of rotatable bonds is 8. The first-order valence-corrected chi connectivity index (χ1v) is 21.5. The molecule has 1 aromatic carbocycles. The first kappa shape index (κ1) is 41.5. The number of carbonyl (C=O) groups is 4. The molecule has 4 aliphatic rings. The summed E-state index contributed by atoms with van der Waals surface area (Å²) in [4.78, 5) is 62.4. The topological polar surface area (TPSA) is 182 Å². The number of amides is 4. The predicted octanol–water partition coefficient (Wildman–Crippen LogP) is 5.41. The van der Waals surface area contributed by atoms with E-state index in [0.29, 0.717) is 41.5 Å². The van der Waals surface area contributed by atoms with E-state index in [2.05, 4.69) is 27.3 Å². The molecule has 3 heterocycles. The van der Waals surface area contributed by atoms with Gasteiger partial charge in [0.1, 0.15) is 29.3 Å².